The average Bonchev–Trinajstić information content (AvgIpc) is 3.60. The number of halogens is 2. The molecule has 0 radical (unpaired) electrons. The highest BCUT2D eigenvalue weighted by Gasteiger charge is 2.39. The molecule has 8 nitrogen and oxygen atoms in total. The number of nitrogens with zero attached hydrogens (tertiary/aromatic N) is 5. The van der Waals surface area contributed by atoms with Gasteiger partial charge in [-0.05, 0) is 56.2 Å². The van der Waals surface area contributed by atoms with Gasteiger partial charge in [-0.15, -0.1) is 0 Å². The molecular weight excluding hydrogens is 454 g/mol. The maximum Gasteiger partial charge on any atom is 0.284 e. The van der Waals surface area contributed by atoms with Gasteiger partial charge in [-0.25, -0.2) is 13.8 Å². The molecule has 2 aliphatic heterocycles. The molecule has 2 bridgehead atoms. The van der Waals surface area contributed by atoms with Gasteiger partial charge < -0.3 is 15.0 Å². The molecule has 2 saturated heterocycles. The van der Waals surface area contributed by atoms with Crippen molar-refractivity contribution in [3.63, 3.8) is 0 Å². The Bertz CT molecular complexity index is 1260. The van der Waals surface area contributed by atoms with E-state index in [2.05, 4.69) is 27.2 Å². The minimum absolute atomic E-state index is 0.0405. The molecule has 1 N–H and O–H groups in total. The van der Waals surface area contributed by atoms with Crippen LogP contribution in [0.5, 0.6) is 0 Å². The van der Waals surface area contributed by atoms with Crippen molar-refractivity contribution in [2.24, 2.45) is 5.92 Å². The Morgan fingerprint density at radius 3 is 2.71 bits per heavy atom. The van der Waals surface area contributed by atoms with Crippen LogP contribution in [0.2, 0.25) is 0 Å². The maximum absolute atomic E-state index is 13.8. The van der Waals surface area contributed by atoms with Crippen LogP contribution in [0.4, 0.5) is 20.3 Å². The largest absolute Gasteiger partial charge is 0.374 e. The van der Waals surface area contributed by atoms with E-state index >= 15 is 0 Å². The Hall–Kier alpha value is -3.14. The van der Waals surface area contributed by atoms with Crippen LogP contribution < -0.4 is 10.2 Å². The van der Waals surface area contributed by atoms with E-state index in [0.29, 0.717) is 23.6 Å². The number of carbonyl (C=O) groups is 1. The number of amides is 1. The molecule has 5 heterocycles. The number of hydrogen-bond acceptors (Lipinski definition) is 6. The fraction of sp³-hybridized carbons (Fsp3) is 0.520. The van der Waals surface area contributed by atoms with Gasteiger partial charge in [-0.3, -0.25) is 14.5 Å². The SMILES string of the molecule is CC1CCC(n2cc(NC(=O)c3ccnc4ccc(N5C[C@@H]6C[C@H]5CO6)nc34)c(C(F)F)n2)CC1. The fourth-order valence-corrected chi connectivity index (χ4v) is 5.59. The predicted octanol–water partition coefficient (Wildman–Crippen LogP) is 4.74. The molecular formula is C25H28F2N6O2. The lowest BCUT2D eigenvalue weighted by Crippen LogP contribution is -2.37. The Morgan fingerprint density at radius 2 is 2.00 bits per heavy atom. The smallest absolute Gasteiger partial charge is 0.284 e. The van der Waals surface area contributed by atoms with Crippen molar-refractivity contribution < 1.29 is 18.3 Å². The second-order valence-corrected chi connectivity index (χ2v) is 9.97. The fourth-order valence-electron chi connectivity index (χ4n) is 5.59. The summed E-state index contributed by atoms with van der Waals surface area (Å²) in [5.41, 5.74) is 0.939. The van der Waals surface area contributed by atoms with Gasteiger partial charge in [-0.2, -0.15) is 5.10 Å². The lowest BCUT2D eigenvalue weighted by molar-refractivity contribution is 0.0988. The number of anilines is 2. The first-order valence-electron chi connectivity index (χ1n) is 12.3. The van der Waals surface area contributed by atoms with Crippen LogP contribution in [-0.2, 0) is 4.74 Å². The number of fused-ring (bicyclic) bond motifs is 3. The Kier molecular flexibility index (Phi) is 5.63. The van der Waals surface area contributed by atoms with E-state index in [4.69, 9.17) is 9.72 Å². The number of alkyl halides is 2. The quantitative estimate of drug-likeness (QED) is 0.565. The summed E-state index contributed by atoms with van der Waals surface area (Å²) in [6.45, 7) is 3.64. The first-order valence-corrected chi connectivity index (χ1v) is 12.3. The van der Waals surface area contributed by atoms with Crippen molar-refractivity contribution in [2.45, 2.75) is 63.6 Å². The number of ether oxygens (including phenoxy) is 1. The molecule has 3 aliphatic rings. The van der Waals surface area contributed by atoms with Crippen molar-refractivity contribution >= 4 is 28.4 Å². The van der Waals surface area contributed by atoms with E-state index < -0.39 is 18.0 Å². The Balaban J connectivity index is 1.29. The Morgan fingerprint density at radius 1 is 1.17 bits per heavy atom. The molecule has 3 fully saturated rings. The second kappa shape index (κ2) is 8.82. The summed E-state index contributed by atoms with van der Waals surface area (Å²) in [7, 11) is 0. The summed E-state index contributed by atoms with van der Waals surface area (Å²) in [5, 5.41) is 6.84. The molecule has 0 unspecified atom stereocenters. The van der Waals surface area contributed by atoms with Gasteiger partial charge in [-0.1, -0.05) is 6.92 Å². The first-order chi connectivity index (χ1) is 17.0. The van der Waals surface area contributed by atoms with Crippen LogP contribution in [0.15, 0.2) is 30.6 Å². The van der Waals surface area contributed by atoms with Crippen molar-refractivity contribution in [1.82, 2.24) is 19.7 Å². The van der Waals surface area contributed by atoms with Gasteiger partial charge in [0.05, 0.1) is 41.6 Å². The van der Waals surface area contributed by atoms with Crippen molar-refractivity contribution in [3.05, 3.63) is 41.9 Å². The number of morpholine rings is 1. The molecule has 1 aliphatic carbocycles. The molecule has 10 heteroatoms. The van der Waals surface area contributed by atoms with E-state index in [0.717, 1.165) is 44.5 Å². The standard InChI is InChI=1S/C25H28F2N6O2/c1-14-2-4-15(5-3-14)33-12-20(23(31-33)24(26)27)29-25(34)18-8-9-28-19-6-7-21(30-22(18)19)32-11-17-10-16(32)13-35-17/h6-9,12,14-17,24H,2-5,10-11,13H2,1H3,(H,29,34)/t14?,15?,16-,17-/m0/s1. The lowest BCUT2D eigenvalue weighted by Gasteiger charge is -2.28. The Labute approximate surface area is 201 Å². The van der Waals surface area contributed by atoms with E-state index in [1.807, 2.05) is 12.1 Å². The van der Waals surface area contributed by atoms with E-state index in [-0.39, 0.29) is 29.4 Å². The highest BCUT2D eigenvalue weighted by Crippen LogP contribution is 2.35. The van der Waals surface area contributed by atoms with Gasteiger partial charge in [0.25, 0.3) is 12.3 Å². The first kappa shape index (κ1) is 22.3. The lowest BCUT2D eigenvalue weighted by atomic mass is 9.87. The average molecular weight is 483 g/mol. The molecule has 3 aromatic heterocycles. The topological polar surface area (TPSA) is 85.2 Å². The van der Waals surface area contributed by atoms with Gasteiger partial charge in [0.1, 0.15) is 11.3 Å². The number of carbonyl (C=O) groups excluding carboxylic acids is 1. The van der Waals surface area contributed by atoms with Crippen molar-refractivity contribution in [1.29, 1.82) is 0 Å². The van der Waals surface area contributed by atoms with Gasteiger partial charge in [0.15, 0.2) is 5.69 Å². The van der Waals surface area contributed by atoms with E-state index in [1.165, 1.54) is 6.20 Å². The third-order valence-electron chi connectivity index (χ3n) is 7.58. The molecule has 0 aromatic carbocycles. The summed E-state index contributed by atoms with van der Waals surface area (Å²) < 4.78 is 34.9. The molecule has 1 amide bonds. The number of nitrogens with one attached hydrogen (secondary N) is 1. The summed E-state index contributed by atoms with van der Waals surface area (Å²) in [6.07, 6.45) is 5.34. The summed E-state index contributed by atoms with van der Waals surface area (Å²) >= 11 is 0. The molecule has 3 aromatic rings. The van der Waals surface area contributed by atoms with Crippen molar-refractivity contribution in [3.8, 4) is 0 Å². The zero-order valence-corrected chi connectivity index (χ0v) is 19.5. The predicted molar refractivity (Wildman–Crippen MR) is 127 cm³/mol. The number of aromatic nitrogens is 4. The molecule has 0 spiro atoms. The van der Waals surface area contributed by atoms with Crippen LogP contribution in [0, 0.1) is 5.92 Å². The highest BCUT2D eigenvalue weighted by atomic mass is 19.3. The van der Waals surface area contributed by atoms with Gasteiger partial charge in [0, 0.05) is 18.9 Å². The number of rotatable bonds is 5. The van der Waals surface area contributed by atoms with Crippen LogP contribution in [-0.4, -0.2) is 51.0 Å². The summed E-state index contributed by atoms with van der Waals surface area (Å²) in [6, 6.07) is 5.67. The molecule has 184 valence electrons. The van der Waals surface area contributed by atoms with E-state index in [1.54, 1.807) is 16.9 Å². The summed E-state index contributed by atoms with van der Waals surface area (Å²) in [4.78, 5) is 24.6. The van der Waals surface area contributed by atoms with Crippen molar-refractivity contribution in [2.75, 3.05) is 23.4 Å². The monoisotopic (exact) mass is 482 g/mol. The van der Waals surface area contributed by atoms with Crippen LogP contribution in [0.25, 0.3) is 11.0 Å². The highest BCUT2D eigenvalue weighted by molar-refractivity contribution is 6.11. The van der Waals surface area contributed by atoms with E-state index in [9.17, 15) is 13.6 Å². The second-order valence-electron chi connectivity index (χ2n) is 9.97. The molecule has 35 heavy (non-hydrogen) atoms. The summed E-state index contributed by atoms with van der Waals surface area (Å²) in [5.74, 6) is 0.895. The van der Waals surface area contributed by atoms with Crippen LogP contribution >= 0.6 is 0 Å². The minimum Gasteiger partial charge on any atom is -0.374 e. The minimum atomic E-state index is -2.79. The third kappa shape index (κ3) is 4.13. The zero-order chi connectivity index (χ0) is 24.1. The molecule has 6 rings (SSSR count). The zero-order valence-electron chi connectivity index (χ0n) is 19.5. The van der Waals surface area contributed by atoms with Crippen LogP contribution in [0.1, 0.15) is 67.5 Å². The number of pyridine rings is 2. The normalized spacial score (nSPS) is 26.1. The maximum atomic E-state index is 13.8. The van der Waals surface area contributed by atoms with Crippen LogP contribution in [0.3, 0.4) is 0 Å². The molecule has 1 saturated carbocycles. The number of hydrogen-bond donors (Lipinski definition) is 1. The molecule has 2 atom stereocenters. The van der Waals surface area contributed by atoms with Gasteiger partial charge in [0.2, 0.25) is 0 Å². The van der Waals surface area contributed by atoms with Gasteiger partial charge >= 0.3 is 0 Å². The third-order valence-corrected chi connectivity index (χ3v) is 7.58.